The molecule has 0 saturated carbocycles. The Hall–Kier alpha value is -2.70. The third-order valence-electron chi connectivity index (χ3n) is 4.57. The molecule has 2 rings (SSSR count). The first-order chi connectivity index (χ1) is 13.1. The molecule has 1 heterocycles. The summed E-state index contributed by atoms with van der Waals surface area (Å²) in [5.74, 6) is -1.66. The average molecular weight is 387 g/mol. The van der Waals surface area contributed by atoms with E-state index in [1.54, 1.807) is 36.1 Å². The molecule has 7 heteroatoms. The largest absolute Gasteiger partial charge is 0.341 e. The van der Waals surface area contributed by atoms with Gasteiger partial charge in [0.15, 0.2) is 0 Å². The summed E-state index contributed by atoms with van der Waals surface area (Å²) in [5, 5.41) is 0. The minimum absolute atomic E-state index is 0.254. The van der Waals surface area contributed by atoms with Crippen LogP contribution in [-0.2, 0) is 14.4 Å². The van der Waals surface area contributed by atoms with Gasteiger partial charge in [0.05, 0.1) is 6.04 Å². The maximum Gasteiger partial charge on any atom is 0.335 e. The number of hydrogen-bond donors (Lipinski definition) is 0. The van der Waals surface area contributed by atoms with Crippen molar-refractivity contribution < 1.29 is 19.2 Å². The first-order valence-electron chi connectivity index (χ1n) is 9.65. The second-order valence-electron chi connectivity index (χ2n) is 8.02. The lowest BCUT2D eigenvalue weighted by Gasteiger charge is -2.28. The average Bonchev–Trinajstić information content (AvgIpc) is 2.84. The highest BCUT2D eigenvalue weighted by molar-refractivity contribution is 6.45. The van der Waals surface area contributed by atoms with Crippen molar-refractivity contribution in [3.05, 3.63) is 35.9 Å². The van der Waals surface area contributed by atoms with Crippen LogP contribution in [0.5, 0.6) is 0 Å². The zero-order chi connectivity index (χ0) is 21.0. The fraction of sp³-hybridized carbons (Fsp3) is 0.524. The molecule has 1 unspecified atom stereocenters. The van der Waals surface area contributed by atoms with Gasteiger partial charge in [-0.2, -0.15) is 0 Å². The highest BCUT2D eigenvalue weighted by atomic mass is 16.2. The molecular formula is C21H29N3O4. The van der Waals surface area contributed by atoms with Crippen molar-refractivity contribution in [2.45, 2.75) is 40.7 Å². The molecule has 5 amide bonds. The van der Waals surface area contributed by atoms with E-state index in [0.29, 0.717) is 13.1 Å². The van der Waals surface area contributed by atoms with Crippen molar-refractivity contribution in [3.8, 4) is 0 Å². The van der Waals surface area contributed by atoms with E-state index in [9.17, 15) is 19.2 Å². The summed E-state index contributed by atoms with van der Waals surface area (Å²) in [6, 6.07) is 7.68. The third kappa shape index (κ3) is 4.77. The standard InChI is InChI=1S/C21H29N3O4/c1-14(2)11-22(12-15(3)4)18(25)13-23-19(26)20(27)24(21(23)28)16(5)17-9-7-6-8-10-17/h6-10,14-16H,11-13H2,1-5H3. The molecular weight excluding hydrogens is 358 g/mol. The maximum absolute atomic E-state index is 12.8. The number of carbonyl (C=O) groups is 4. The smallest absolute Gasteiger partial charge is 0.335 e. The van der Waals surface area contributed by atoms with Crippen LogP contribution >= 0.6 is 0 Å². The van der Waals surface area contributed by atoms with Gasteiger partial charge in [-0.3, -0.25) is 14.4 Å². The lowest BCUT2D eigenvalue weighted by Crippen LogP contribution is -2.45. The molecule has 0 spiro atoms. The van der Waals surface area contributed by atoms with Gasteiger partial charge >= 0.3 is 17.8 Å². The molecule has 1 aromatic carbocycles. The summed E-state index contributed by atoms with van der Waals surface area (Å²) in [7, 11) is 0. The Balaban J connectivity index is 2.17. The van der Waals surface area contributed by atoms with Crippen LogP contribution in [0.25, 0.3) is 0 Å². The van der Waals surface area contributed by atoms with E-state index in [-0.39, 0.29) is 17.7 Å². The summed E-state index contributed by atoms with van der Waals surface area (Å²) in [6.07, 6.45) is 0. The number of hydrogen-bond acceptors (Lipinski definition) is 4. The second kappa shape index (κ2) is 8.99. The highest BCUT2D eigenvalue weighted by Gasteiger charge is 2.47. The summed E-state index contributed by atoms with van der Waals surface area (Å²) in [4.78, 5) is 53.7. The predicted molar refractivity (Wildman–Crippen MR) is 105 cm³/mol. The van der Waals surface area contributed by atoms with E-state index in [4.69, 9.17) is 0 Å². The fourth-order valence-corrected chi connectivity index (χ4v) is 3.28. The van der Waals surface area contributed by atoms with E-state index in [0.717, 1.165) is 15.4 Å². The molecule has 1 aliphatic rings. The van der Waals surface area contributed by atoms with Gasteiger partial charge in [0.2, 0.25) is 5.91 Å². The van der Waals surface area contributed by atoms with Crippen LogP contribution in [0.3, 0.4) is 0 Å². The van der Waals surface area contributed by atoms with Crippen LogP contribution in [0.2, 0.25) is 0 Å². The van der Waals surface area contributed by atoms with Crippen molar-refractivity contribution in [3.63, 3.8) is 0 Å². The second-order valence-corrected chi connectivity index (χ2v) is 8.02. The topological polar surface area (TPSA) is 78.0 Å². The zero-order valence-corrected chi connectivity index (χ0v) is 17.2. The Morgan fingerprint density at radius 2 is 1.43 bits per heavy atom. The Morgan fingerprint density at radius 1 is 0.893 bits per heavy atom. The number of urea groups is 1. The summed E-state index contributed by atoms with van der Waals surface area (Å²) < 4.78 is 0. The van der Waals surface area contributed by atoms with Gasteiger partial charge in [-0.25, -0.2) is 14.6 Å². The normalized spacial score (nSPS) is 15.8. The van der Waals surface area contributed by atoms with Gasteiger partial charge in [-0.05, 0) is 24.3 Å². The zero-order valence-electron chi connectivity index (χ0n) is 17.2. The van der Waals surface area contributed by atoms with Crippen LogP contribution in [0.4, 0.5) is 4.79 Å². The Labute approximate surface area is 166 Å². The molecule has 1 saturated heterocycles. The molecule has 1 fully saturated rings. The number of amides is 5. The van der Waals surface area contributed by atoms with Crippen molar-refractivity contribution in [1.29, 1.82) is 0 Å². The molecule has 0 aromatic heterocycles. The molecule has 28 heavy (non-hydrogen) atoms. The molecule has 0 radical (unpaired) electrons. The number of benzene rings is 1. The fourth-order valence-electron chi connectivity index (χ4n) is 3.28. The van der Waals surface area contributed by atoms with Crippen molar-refractivity contribution in [1.82, 2.24) is 14.7 Å². The third-order valence-corrected chi connectivity index (χ3v) is 4.57. The van der Waals surface area contributed by atoms with E-state index >= 15 is 0 Å². The number of imide groups is 2. The minimum atomic E-state index is -0.949. The van der Waals surface area contributed by atoms with Gasteiger partial charge in [0, 0.05) is 13.1 Å². The first-order valence-corrected chi connectivity index (χ1v) is 9.65. The van der Waals surface area contributed by atoms with Crippen LogP contribution in [-0.4, -0.2) is 58.1 Å². The predicted octanol–water partition coefficient (Wildman–Crippen LogP) is 2.68. The van der Waals surface area contributed by atoms with E-state index in [2.05, 4.69) is 0 Å². The van der Waals surface area contributed by atoms with Gasteiger partial charge in [-0.1, -0.05) is 58.0 Å². The number of nitrogens with zero attached hydrogens (tertiary/aromatic N) is 3. The molecule has 1 aliphatic heterocycles. The molecule has 0 N–H and O–H groups in total. The van der Waals surface area contributed by atoms with Gasteiger partial charge < -0.3 is 4.90 Å². The van der Waals surface area contributed by atoms with Gasteiger partial charge in [-0.15, -0.1) is 0 Å². The SMILES string of the molecule is CC(C)CN(CC(C)C)C(=O)CN1C(=O)C(=O)N(C(C)c2ccccc2)C1=O. The van der Waals surface area contributed by atoms with Crippen LogP contribution in [0.15, 0.2) is 30.3 Å². The number of rotatable bonds is 8. The van der Waals surface area contributed by atoms with Crippen LogP contribution < -0.4 is 0 Å². The molecule has 1 atom stereocenters. The van der Waals surface area contributed by atoms with Crippen molar-refractivity contribution in [2.75, 3.05) is 19.6 Å². The van der Waals surface area contributed by atoms with E-state index in [1.807, 2.05) is 33.8 Å². The highest BCUT2D eigenvalue weighted by Crippen LogP contribution is 2.26. The van der Waals surface area contributed by atoms with E-state index < -0.39 is 30.4 Å². The maximum atomic E-state index is 12.8. The summed E-state index contributed by atoms with van der Waals surface area (Å²) in [6.45, 7) is 10.3. The quantitative estimate of drug-likeness (QED) is 0.507. The molecule has 152 valence electrons. The molecule has 1 aromatic rings. The van der Waals surface area contributed by atoms with Crippen LogP contribution in [0, 0.1) is 11.8 Å². The summed E-state index contributed by atoms with van der Waals surface area (Å²) in [5.41, 5.74) is 0.742. The number of carbonyl (C=O) groups excluding carboxylic acids is 4. The lowest BCUT2D eigenvalue weighted by atomic mass is 10.1. The monoisotopic (exact) mass is 387 g/mol. The van der Waals surface area contributed by atoms with Gasteiger partial charge in [0.1, 0.15) is 6.54 Å². The Morgan fingerprint density at radius 3 is 1.93 bits per heavy atom. The minimum Gasteiger partial charge on any atom is -0.341 e. The molecule has 0 aliphatic carbocycles. The first kappa shape index (κ1) is 21.6. The molecule has 7 nitrogen and oxygen atoms in total. The van der Waals surface area contributed by atoms with Crippen molar-refractivity contribution >= 4 is 23.8 Å². The van der Waals surface area contributed by atoms with Gasteiger partial charge in [0.25, 0.3) is 0 Å². The van der Waals surface area contributed by atoms with Crippen LogP contribution in [0.1, 0.15) is 46.2 Å². The summed E-state index contributed by atoms with van der Waals surface area (Å²) >= 11 is 0. The Kier molecular flexibility index (Phi) is 6.94. The van der Waals surface area contributed by atoms with Crippen molar-refractivity contribution in [2.24, 2.45) is 11.8 Å². The molecule has 0 bridgehead atoms. The Bertz CT molecular complexity index is 735. The lowest BCUT2D eigenvalue weighted by molar-refractivity contribution is -0.145. The van der Waals surface area contributed by atoms with E-state index in [1.165, 1.54) is 0 Å².